The molecule has 1 N–H and O–H groups in total. The van der Waals surface area contributed by atoms with Gasteiger partial charge in [-0.25, -0.2) is 9.48 Å². The largest absolute Gasteiger partial charge is 0.497 e. The van der Waals surface area contributed by atoms with Gasteiger partial charge in [-0.15, -0.1) is 0 Å². The van der Waals surface area contributed by atoms with E-state index in [9.17, 15) is 9.59 Å². The van der Waals surface area contributed by atoms with Gasteiger partial charge in [0.05, 0.1) is 19.0 Å². The molecule has 0 bridgehead atoms. The monoisotopic (exact) mass is 370 g/mol. The number of halogens is 1. The molecule has 0 atom stereocenters. The van der Waals surface area contributed by atoms with Gasteiger partial charge >= 0.3 is 5.69 Å². The third-order valence-electron chi connectivity index (χ3n) is 3.54. The van der Waals surface area contributed by atoms with E-state index < -0.39 is 11.6 Å². The van der Waals surface area contributed by atoms with Crippen molar-refractivity contribution in [2.24, 2.45) is 0 Å². The second-order valence-electron chi connectivity index (χ2n) is 5.37. The topological polar surface area (TPSA) is 86.1 Å². The molecule has 0 spiro atoms. The van der Waals surface area contributed by atoms with Gasteiger partial charge in [0.25, 0.3) is 0 Å². The quantitative estimate of drug-likeness (QED) is 0.746. The Bertz CT molecular complexity index is 986. The van der Waals surface area contributed by atoms with Crippen LogP contribution in [-0.2, 0) is 11.3 Å². The van der Waals surface area contributed by atoms with Crippen LogP contribution in [0.1, 0.15) is 0 Å². The molecule has 0 aliphatic carbocycles. The average Bonchev–Trinajstić information content (AvgIpc) is 2.64. The second-order valence-corrected chi connectivity index (χ2v) is 5.81. The molecule has 2 aromatic carbocycles. The fraction of sp³-hybridized carbons (Fsp3) is 0.111. The van der Waals surface area contributed by atoms with Crippen molar-refractivity contribution in [3.05, 3.63) is 70.2 Å². The van der Waals surface area contributed by atoms with Crippen molar-refractivity contribution in [3.63, 3.8) is 0 Å². The van der Waals surface area contributed by atoms with E-state index in [4.69, 9.17) is 16.3 Å². The van der Waals surface area contributed by atoms with Gasteiger partial charge in [0.2, 0.25) is 5.91 Å². The highest BCUT2D eigenvalue weighted by atomic mass is 35.5. The molecular formula is C18H15ClN4O3. The van der Waals surface area contributed by atoms with Crippen molar-refractivity contribution in [1.29, 1.82) is 0 Å². The number of methoxy groups -OCH3 is 1. The zero-order valence-corrected chi connectivity index (χ0v) is 14.6. The number of nitrogens with zero attached hydrogens (tertiary/aromatic N) is 3. The van der Waals surface area contributed by atoms with Crippen molar-refractivity contribution in [2.45, 2.75) is 6.54 Å². The Morgan fingerprint density at radius 1 is 1.23 bits per heavy atom. The van der Waals surface area contributed by atoms with Crippen LogP contribution in [0, 0.1) is 0 Å². The molecule has 26 heavy (non-hydrogen) atoms. The van der Waals surface area contributed by atoms with Gasteiger partial charge in [-0.1, -0.05) is 29.8 Å². The molecule has 0 aliphatic rings. The molecule has 7 nitrogen and oxygen atoms in total. The van der Waals surface area contributed by atoms with Gasteiger partial charge in [0, 0.05) is 22.3 Å². The number of carbonyl (C=O) groups excluding carboxylic acids is 1. The van der Waals surface area contributed by atoms with Crippen molar-refractivity contribution < 1.29 is 9.53 Å². The first-order valence-electron chi connectivity index (χ1n) is 7.69. The molecule has 3 aromatic rings. The van der Waals surface area contributed by atoms with E-state index in [1.165, 1.54) is 6.20 Å². The van der Waals surface area contributed by atoms with E-state index in [-0.39, 0.29) is 6.54 Å². The van der Waals surface area contributed by atoms with Crippen LogP contribution < -0.4 is 15.7 Å². The predicted octanol–water partition coefficient (Wildman–Crippen LogP) is 2.61. The van der Waals surface area contributed by atoms with Crippen molar-refractivity contribution >= 4 is 23.2 Å². The van der Waals surface area contributed by atoms with Crippen LogP contribution in [0.15, 0.2) is 59.5 Å². The van der Waals surface area contributed by atoms with E-state index >= 15 is 0 Å². The Kier molecular flexibility index (Phi) is 5.28. The lowest BCUT2D eigenvalue weighted by Gasteiger charge is -2.08. The third kappa shape index (κ3) is 4.25. The number of benzene rings is 2. The number of hydrogen-bond donors (Lipinski definition) is 1. The second kappa shape index (κ2) is 7.79. The minimum Gasteiger partial charge on any atom is -0.497 e. The zero-order valence-electron chi connectivity index (χ0n) is 13.8. The number of rotatable bonds is 5. The molecule has 1 amide bonds. The van der Waals surface area contributed by atoms with Gasteiger partial charge in [-0.3, -0.25) is 4.79 Å². The molecule has 0 aliphatic heterocycles. The van der Waals surface area contributed by atoms with Crippen LogP contribution in [0.2, 0.25) is 5.02 Å². The van der Waals surface area contributed by atoms with Crippen LogP contribution in [0.4, 0.5) is 5.69 Å². The number of ether oxygens (including phenoxy) is 1. The fourth-order valence-electron chi connectivity index (χ4n) is 2.27. The number of carbonyl (C=O) groups is 1. The summed E-state index contributed by atoms with van der Waals surface area (Å²) in [6, 6.07) is 13.8. The minimum atomic E-state index is -0.613. The van der Waals surface area contributed by atoms with Crippen LogP contribution >= 0.6 is 11.6 Å². The maximum absolute atomic E-state index is 12.1. The van der Waals surface area contributed by atoms with Gasteiger partial charge in [-0.05, 0) is 24.3 Å². The molecule has 1 heterocycles. The third-order valence-corrected chi connectivity index (χ3v) is 3.80. The lowest BCUT2D eigenvalue weighted by atomic mass is 10.2. The molecule has 1 aromatic heterocycles. The molecule has 132 valence electrons. The van der Waals surface area contributed by atoms with E-state index in [0.717, 1.165) is 4.68 Å². The smallest absolute Gasteiger partial charge is 0.365 e. The molecule has 0 saturated carbocycles. The maximum atomic E-state index is 12.1. The summed E-state index contributed by atoms with van der Waals surface area (Å²) >= 11 is 5.84. The van der Waals surface area contributed by atoms with Crippen LogP contribution in [0.5, 0.6) is 5.75 Å². The summed E-state index contributed by atoms with van der Waals surface area (Å²) in [6.07, 6.45) is 1.43. The van der Waals surface area contributed by atoms with Crippen LogP contribution in [-0.4, -0.2) is 27.8 Å². The first kappa shape index (κ1) is 17.6. The Morgan fingerprint density at radius 3 is 2.69 bits per heavy atom. The zero-order chi connectivity index (χ0) is 18.5. The molecule has 0 radical (unpaired) electrons. The molecule has 0 saturated heterocycles. The van der Waals surface area contributed by atoms with Crippen molar-refractivity contribution in [3.8, 4) is 17.0 Å². The minimum absolute atomic E-state index is 0.246. The number of anilines is 1. The maximum Gasteiger partial charge on any atom is 0.365 e. The van der Waals surface area contributed by atoms with Gasteiger partial charge in [0.15, 0.2) is 0 Å². The summed E-state index contributed by atoms with van der Waals surface area (Å²) in [6.45, 7) is -0.246. The first-order valence-corrected chi connectivity index (χ1v) is 8.07. The normalized spacial score (nSPS) is 10.4. The van der Waals surface area contributed by atoms with Gasteiger partial charge in [-0.2, -0.15) is 10.1 Å². The van der Waals surface area contributed by atoms with Gasteiger partial charge < -0.3 is 10.1 Å². The summed E-state index contributed by atoms with van der Waals surface area (Å²) < 4.78 is 6.09. The molecular weight excluding hydrogens is 356 g/mol. The van der Waals surface area contributed by atoms with E-state index in [1.54, 1.807) is 55.6 Å². The van der Waals surface area contributed by atoms with Gasteiger partial charge in [0.1, 0.15) is 12.3 Å². The Balaban J connectivity index is 1.72. The van der Waals surface area contributed by atoms with Crippen LogP contribution in [0.25, 0.3) is 11.3 Å². The average molecular weight is 371 g/mol. The fourth-order valence-corrected chi connectivity index (χ4v) is 2.39. The number of nitrogens with one attached hydrogen (secondary N) is 1. The lowest BCUT2D eigenvalue weighted by Crippen LogP contribution is -2.31. The molecule has 0 unspecified atom stereocenters. The van der Waals surface area contributed by atoms with Crippen LogP contribution in [0.3, 0.4) is 0 Å². The number of hydrogen-bond acceptors (Lipinski definition) is 5. The summed E-state index contributed by atoms with van der Waals surface area (Å²) in [5.41, 5.74) is 1.08. The Hall–Kier alpha value is -3.19. The van der Waals surface area contributed by atoms with Crippen molar-refractivity contribution in [2.75, 3.05) is 12.4 Å². The predicted molar refractivity (Wildman–Crippen MR) is 98.4 cm³/mol. The van der Waals surface area contributed by atoms with E-state index in [0.29, 0.717) is 27.7 Å². The highest BCUT2D eigenvalue weighted by Gasteiger charge is 2.09. The standard InChI is InChI=1S/C18H15ClN4O3/c1-26-15-4-2-3-14(9-15)21-17(24)11-23-18(25)22-16(10-20-23)12-5-7-13(19)8-6-12/h2-10H,11H2,1H3,(H,21,24). The summed E-state index contributed by atoms with van der Waals surface area (Å²) in [7, 11) is 1.54. The summed E-state index contributed by atoms with van der Waals surface area (Å²) in [4.78, 5) is 28.2. The highest BCUT2D eigenvalue weighted by molar-refractivity contribution is 6.30. The number of amides is 1. The van der Waals surface area contributed by atoms with Crippen molar-refractivity contribution in [1.82, 2.24) is 14.8 Å². The van der Waals surface area contributed by atoms with E-state index in [2.05, 4.69) is 15.4 Å². The first-order chi connectivity index (χ1) is 12.5. The highest BCUT2D eigenvalue weighted by Crippen LogP contribution is 2.18. The number of aromatic nitrogens is 3. The lowest BCUT2D eigenvalue weighted by molar-refractivity contribution is -0.117. The Labute approximate surface area is 154 Å². The summed E-state index contributed by atoms with van der Waals surface area (Å²) in [5.74, 6) is 0.223. The molecule has 8 heteroatoms. The van der Waals surface area contributed by atoms with E-state index in [1.807, 2.05) is 0 Å². The Morgan fingerprint density at radius 2 is 2.00 bits per heavy atom. The molecule has 0 fully saturated rings. The summed E-state index contributed by atoms with van der Waals surface area (Å²) in [5, 5.41) is 7.29. The SMILES string of the molecule is COc1cccc(NC(=O)Cn2ncc(-c3ccc(Cl)cc3)nc2=O)c1. The molecule has 3 rings (SSSR count).